The third-order valence-electron chi connectivity index (χ3n) is 5.46. The van der Waals surface area contributed by atoms with Gasteiger partial charge in [0.2, 0.25) is 0 Å². The average Bonchev–Trinajstić information content (AvgIpc) is 2.75. The summed E-state index contributed by atoms with van der Waals surface area (Å²) in [7, 11) is 0. The highest BCUT2D eigenvalue weighted by atomic mass is 16.1. The second kappa shape index (κ2) is 9.06. The number of likely N-dealkylation sites (tertiary alicyclic amines) is 1. The van der Waals surface area contributed by atoms with E-state index in [2.05, 4.69) is 91.5 Å². The van der Waals surface area contributed by atoms with Crippen molar-refractivity contribution in [3.8, 4) is 0 Å². The van der Waals surface area contributed by atoms with Gasteiger partial charge in [-0.3, -0.25) is 9.69 Å². The summed E-state index contributed by atoms with van der Waals surface area (Å²) in [6.45, 7) is 6.30. The molecule has 0 unspecified atom stereocenters. The summed E-state index contributed by atoms with van der Waals surface area (Å²) in [4.78, 5) is 15.6. The highest BCUT2D eigenvalue weighted by molar-refractivity contribution is 6.14. The van der Waals surface area contributed by atoms with Crippen LogP contribution in [-0.4, -0.2) is 23.8 Å². The molecule has 1 heterocycles. The normalized spacial score (nSPS) is 17.6. The van der Waals surface area contributed by atoms with Gasteiger partial charge < -0.3 is 0 Å². The summed E-state index contributed by atoms with van der Waals surface area (Å²) in [5, 5.41) is 0. The molecular formula is C28H27NO. The molecule has 0 radical (unpaired) electrons. The smallest absolute Gasteiger partial charge is 0.187 e. The predicted molar refractivity (Wildman–Crippen MR) is 125 cm³/mol. The molecule has 1 saturated heterocycles. The molecule has 4 rings (SSSR count). The van der Waals surface area contributed by atoms with Crippen molar-refractivity contribution in [2.24, 2.45) is 0 Å². The van der Waals surface area contributed by atoms with E-state index in [9.17, 15) is 4.79 Å². The van der Waals surface area contributed by atoms with E-state index in [0.717, 1.165) is 28.8 Å². The fourth-order valence-corrected chi connectivity index (χ4v) is 3.79. The van der Waals surface area contributed by atoms with Crippen LogP contribution in [0.2, 0.25) is 0 Å². The summed E-state index contributed by atoms with van der Waals surface area (Å²) in [5.74, 6) is 0.153. The maximum absolute atomic E-state index is 13.3. The van der Waals surface area contributed by atoms with Crippen LogP contribution in [-0.2, 0) is 11.3 Å². The van der Waals surface area contributed by atoms with Gasteiger partial charge >= 0.3 is 0 Å². The Bertz CT molecular complexity index is 1010. The molecule has 0 spiro atoms. The number of hydrogen-bond donors (Lipinski definition) is 0. The molecule has 2 nitrogen and oxygen atoms in total. The fourth-order valence-electron chi connectivity index (χ4n) is 3.79. The van der Waals surface area contributed by atoms with Gasteiger partial charge in [-0.1, -0.05) is 90.0 Å². The minimum atomic E-state index is 0.153. The quantitative estimate of drug-likeness (QED) is 0.518. The van der Waals surface area contributed by atoms with E-state index < -0.39 is 0 Å². The Morgan fingerprint density at radius 3 is 1.63 bits per heavy atom. The number of nitrogens with zero attached hydrogens (tertiary/aromatic N) is 1. The van der Waals surface area contributed by atoms with Crippen LogP contribution in [0.5, 0.6) is 0 Å². The van der Waals surface area contributed by atoms with Gasteiger partial charge in [-0.05, 0) is 42.7 Å². The summed E-state index contributed by atoms with van der Waals surface area (Å²) < 4.78 is 0. The first-order valence-corrected chi connectivity index (χ1v) is 10.4. The third kappa shape index (κ3) is 5.03. The summed E-state index contributed by atoms with van der Waals surface area (Å²) in [6.07, 6.45) is 4.09. The highest BCUT2D eigenvalue weighted by Gasteiger charge is 2.26. The van der Waals surface area contributed by atoms with Gasteiger partial charge in [0, 0.05) is 30.8 Å². The van der Waals surface area contributed by atoms with E-state index in [1.807, 2.05) is 18.2 Å². The lowest BCUT2D eigenvalue weighted by atomic mass is 9.93. The van der Waals surface area contributed by atoms with Crippen LogP contribution in [0.4, 0.5) is 0 Å². The highest BCUT2D eigenvalue weighted by Crippen LogP contribution is 2.24. The van der Waals surface area contributed by atoms with Crippen molar-refractivity contribution in [3.05, 3.63) is 118 Å². The lowest BCUT2D eigenvalue weighted by molar-refractivity contribution is -0.113. The molecule has 0 atom stereocenters. The van der Waals surface area contributed by atoms with Crippen molar-refractivity contribution >= 4 is 17.9 Å². The molecule has 1 aliphatic heterocycles. The Balaban J connectivity index is 1.67. The molecular weight excluding hydrogens is 366 g/mol. The first-order chi connectivity index (χ1) is 14.6. The van der Waals surface area contributed by atoms with Crippen molar-refractivity contribution in [3.63, 3.8) is 0 Å². The zero-order chi connectivity index (χ0) is 20.9. The molecule has 0 bridgehead atoms. The van der Waals surface area contributed by atoms with Crippen molar-refractivity contribution in [2.45, 2.75) is 20.4 Å². The van der Waals surface area contributed by atoms with Gasteiger partial charge in [0.05, 0.1) is 0 Å². The number of ketones is 1. The van der Waals surface area contributed by atoms with Crippen LogP contribution >= 0.6 is 0 Å². The Labute approximate surface area is 179 Å². The van der Waals surface area contributed by atoms with Gasteiger partial charge in [0.25, 0.3) is 0 Å². The lowest BCUT2D eigenvalue weighted by Gasteiger charge is -2.30. The summed E-state index contributed by atoms with van der Waals surface area (Å²) >= 11 is 0. The molecule has 0 amide bonds. The second-order valence-corrected chi connectivity index (χ2v) is 8.12. The monoisotopic (exact) mass is 393 g/mol. The number of carbonyl (C=O) groups excluding carboxylic acids is 1. The van der Waals surface area contributed by atoms with E-state index in [0.29, 0.717) is 13.1 Å². The molecule has 0 saturated carbocycles. The van der Waals surface area contributed by atoms with Crippen molar-refractivity contribution in [1.29, 1.82) is 0 Å². The Morgan fingerprint density at radius 2 is 1.17 bits per heavy atom. The summed E-state index contributed by atoms with van der Waals surface area (Å²) in [6, 6.07) is 27.1. The number of aryl methyl sites for hydroxylation is 2. The number of carbonyl (C=O) groups is 1. The van der Waals surface area contributed by atoms with Crippen LogP contribution in [0.25, 0.3) is 12.2 Å². The Morgan fingerprint density at radius 1 is 0.700 bits per heavy atom. The average molecular weight is 394 g/mol. The molecule has 1 aliphatic rings. The number of hydrogen-bond acceptors (Lipinski definition) is 2. The first kappa shape index (κ1) is 20.1. The van der Waals surface area contributed by atoms with Crippen molar-refractivity contribution in [1.82, 2.24) is 4.90 Å². The zero-order valence-electron chi connectivity index (χ0n) is 17.6. The van der Waals surface area contributed by atoms with Crippen LogP contribution in [0.3, 0.4) is 0 Å². The number of piperidine rings is 1. The van der Waals surface area contributed by atoms with E-state index in [4.69, 9.17) is 0 Å². The van der Waals surface area contributed by atoms with E-state index in [1.54, 1.807) is 0 Å². The molecule has 0 N–H and O–H groups in total. The van der Waals surface area contributed by atoms with Gasteiger partial charge in [0.15, 0.2) is 5.78 Å². The second-order valence-electron chi connectivity index (χ2n) is 8.12. The largest absolute Gasteiger partial charge is 0.290 e. The first-order valence-electron chi connectivity index (χ1n) is 10.4. The van der Waals surface area contributed by atoms with Crippen LogP contribution in [0.15, 0.2) is 90.0 Å². The van der Waals surface area contributed by atoms with Gasteiger partial charge in [0.1, 0.15) is 0 Å². The van der Waals surface area contributed by atoms with E-state index in [-0.39, 0.29) is 5.78 Å². The lowest BCUT2D eigenvalue weighted by Crippen LogP contribution is -2.37. The van der Waals surface area contributed by atoms with Crippen LogP contribution in [0, 0.1) is 13.8 Å². The van der Waals surface area contributed by atoms with Gasteiger partial charge in [-0.25, -0.2) is 0 Å². The van der Waals surface area contributed by atoms with Gasteiger partial charge in [-0.2, -0.15) is 0 Å². The zero-order valence-corrected chi connectivity index (χ0v) is 17.6. The predicted octanol–water partition coefficient (Wildman–Crippen LogP) is 5.86. The van der Waals surface area contributed by atoms with E-state index >= 15 is 0 Å². The molecule has 3 aromatic rings. The minimum absolute atomic E-state index is 0.153. The summed E-state index contributed by atoms with van der Waals surface area (Å²) in [5.41, 5.74) is 7.53. The number of rotatable bonds is 4. The maximum atomic E-state index is 13.3. The van der Waals surface area contributed by atoms with E-state index in [1.165, 1.54) is 16.7 Å². The van der Waals surface area contributed by atoms with Gasteiger partial charge in [-0.15, -0.1) is 0 Å². The topological polar surface area (TPSA) is 20.3 Å². The molecule has 2 heteroatoms. The van der Waals surface area contributed by atoms with Crippen LogP contribution in [0.1, 0.15) is 27.8 Å². The maximum Gasteiger partial charge on any atom is 0.187 e. The molecule has 0 aromatic heterocycles. The standard InChI is InChI=1S/C28H27NO/c1-21-8-12-23(13-9-21)16-26-19-29(18-25-6-4-3-5-7-25)20-27(28(26)30)17-24-14-10-22(2)11-15-24/h3-17H,18-20H2,1-2H3. The molecule has 0 aliphatic carbocycles. The third-order valence-corrected chi connectivity index (χ3v) is 5.46. The Kier molecular flexibility index (Phi) is 6.06. The SMILES string of the molecule is Cc1ccc(C=C2CN(Cc3ccccc3)CC(=Cc3ccc(C)cc3)C2=O)cc1. The molecule has 1 fully saturated rings. The molecule has 150 valence electrons. The Hall–Kier alpha value is -3.23. The number of benzene rings is 3. The number of Topliss-reactive ketones (excluding diaryl/α,β-unsaturated/α-hetero) is 1. The minimum Gasteiger partial charge on any atom is -0.290 e. The van der Waals surface area contributed by atoms with Crippen LogP contribution < -0.4 is 0 Å². The van der Waals surface area contributed by atoms with Crippen molar-refractivity contribution < 1.29 is 4.79 Å². The molecule has 30 heavy (non-hydrogen) atoms. The van der Waals surface area contributed by atoms with Crippen molar-refractivity contribution in [2.75, 3.05) is 13.1 Å². The molecule has 3 aromatic carbocycles. The fraction of sp³-hybridized carbons (Fsp3) is 0.179.